The quantitative estimate of drug-likeness (QED) is 0.808. The van der Waals surface area contributed by atoms with Crippen LogP contribution in [-0.4, -0.2) is 18.7 Å². The molecule has 0 aromatic heterocycles. The molecule has 4 heteroatoms. The lowest BCUT2D eigenvalue weighted by Crippen LogP contribution is -2.32. The highest BCUT2D eigenvalue weighted by atomic mass is 16.1. The first-order chi connectivity index (χ1) is 12.2. The fraction of sp³-hybridized carbons (Fsp3) is 0.381. The van der Waals surface area contributed by atoms with E-state index < -0.39 is 0 Å². The Morgan fingerprint density at radius 2 is 1.92 bits per heavy atom. The van der Waals surface area contributed by atoms with Crippen molar-refractivity contribution in [3.8, 4) is 6.07 Å². The second kappa shape index (κ2) is 7.94. The number of carbonyl (C=O) groups is 1. The fourth-order valence-corrected chi connectivity index (χ4v) is 3.65. The van der Waals surface area contributed by atoms with Crippen LogP contribution < -0.4 is 5.32 Å². The van der Waals surface area contributed by atoms with Crippen LogP contribution >= 0.6 is 0 Å². The van der Waals surface area contributed by atoms with Gasteiger partial charge in [0.15, 0.2) is 0 Å². The van der Waals surface area contributed by atoms with Crippen molar-refractivity contribution in [1.29, 1.82) is 10.7 Å². The predicted molar refractivity (Wildman–Crippen MR) is 102 cm³/mol. The van der Waals surface area contributed by atoms with Gasteiger partial charge >= 0.3 is 0 Å². The molecule has 0 aliphatic heterocycles. The van der Waals surface area contributed by atoms with E-state index in [0.717, 1.165) is 47.6 Å². The molecule has 1 amide bonds. The highest BCUT2D eigenvalue weighted by Crippen LogP contribution is 2.28. The maximum atomic E-state index is 12.4. The topological polar surface area (TPSA) is 76.7 Å². The van der Waals surface area contributed by atoms with Crippen molar-refractivity contribution in [2.75, 3.05) is 6.54 Å². The SMILES string of the molecule is N#CC1CCC(CNC(=O)Cc2ccc(C=N)c3ccccc23)CC1.[HH]. The van der Waals surface area contributed by atoms with Gasteiger partial charge in [-0.1, -0.05) is 36.4 Å². The number of amides is 1. The van der Waals surface area contributed by atoms with E-state index >= 15 is 0 Å². The Bertz CT molecular complexity index is 820. The first-order valence-corrected chi connectivity index (χ1v) is 8.88. The molecule has 1 fully saturated rings. The van der Waals surface area contributed by atoms with Crippen molar-refractivity contribution in [2.45, 2.75) is 32.1 Å². The van der Waals surface area contributed by atoms with Gasteiger partial charge in [-0.3, -0.25) is 4.79 Å². The average Bonchev–Trinajstić information content (AvgIpc) is 2.67. The van der Waals surface area contributed by atoms with Gasteiger partial charge < -0.3 is 10.7 Å². The second-order valence-electron chi connectivity index (χ2n) is 6.83. The third-order valence-electron chi connectivity index (χ3n) is 5.17. The summed E-state index contributed by atoms with van der Waals surface area (Å²) in [5, 5.41) is 21.6. The highest BCUT2D eigenvalue weighted by molar-refractivity contribution is 6.01. The number of nitrogens with zero attached hydrogens (tertiary/aromatic N) is 1. The number of rotatable bonds is 5. The number of hydrogen-bond donors (Lipinski definition) is 2. The van der Waals surface area contributed by atoms with E-state index in [1.165, 1.54) is 6.21 Å². The molecule has 0 unspecified atom stereocenters. The van der Waals surface area contributed by atoms with Crippen LogP contribution in [0.25, 0.3) is 10.8 Å². The summed E-state index contributed by atoms with van der Waals surface area (Å²) in [6, 6.07) is 14.1. The van der Waals surface area contributed by atoms with Crippen molar-refractivity contribution < 1.29 is 6.22 Å². The average molecular weight is 335 g/mol. The van der Waals surface area contributed by atoms with Crippen LogP contribution in [0.15, 0.2) is 36.4 Å². The molecule has 25 heavy (non-hydrogen) atoms. The molecule has 0 radical (unpaired) electrons. The predicted octanol–water partition coefficient (Wildman–Crippen LogP) is 4.07. The molecule has 130 valence electrons. The maximum absolute atomic E-state index is 12.4. The molecule has 0 saturated heterocycles. The molecular weight excluding hydrogens is 310 g/mol. The Kier molecular flexibility index (Phi) is 5.45. The summed E-state index contributed by atoms with van der Waals surface area (Å²) in [5.74, 6) is 0.728. The van der Waals surface area contributed by atoms with E-state index in [1.807, 2.05) is 36.4 Å². The summed E-state index contributed by atoms with van der Waals surface area (Å²) in [6.45, 7) is 0.702. The van der Waals surface area contributed by atoms with Gasteiger partial charge in [-0.05, 0) is 53.5 Å². The lowest BCUT2D eigenvalue weighted by molar-refractivity contribution is -0.120. The first kappa shape index (κ1) is 17.2. The molecule has 0 heterocycles. The minimum Gasteiger partial charge on any atom is -0.356 e. The summed E-state index contributed by atoms with van der Waals surface area (Å²) in [6.07, 6.45) is 5.65. The Balaban J connectivity index is 0.00000243. The summed E-state index contributed by atoms with van der Waals surface area (Å²) >= 11 is 0. The normalized spacial score (nSPS) is 20.0. The van der Waals surface area contributed by atoms with Gasteiger partial charge in [0, 0.05) is 20.1 Å². The molecule has 1 saturated carbocycles. The number of hydrogen-bond acceptors (Lipinski definition) is 3. The van der Waals surface area contributed by atoms with Crippen molar-refractivity contribution in [2.24, 2.45) is 11.8 Å². The van der Waals surface area contributed by atoms with Crippen molar-refractivity contribution in [1.82, 2.24) is 5.32 Å². The van der Waals surface area contributed by atoms with Gasteiger partial charge in [0.05, 0.1) is 12.5 Å². The lowest BCUT2D eigenvalue weighted by atomic mass is 9.83. The van der Waals surface area contributed by atoms with Crippen LogP contribution in [0.1, 0.15) is 38.2 Å². The van der Waals surface area contributed by atoms with Crippen LogP contribution in [0.4, 0.5) is 0 Å². The van der Waals surface area contributed by atoms with E-state index in [2.05, 4.69) is 11.4 Å². The largest absolute Gasteiger partial charge is 0.356 e. The van der Waals surface area contributed by atoms with E-state index in [1.54, 1.807) is 0 Å². The number of nitriles is 1. The third-order valence-corrected chi connectivity index (χ3v) is 5.17. The molecule has 3 rings (SSSR count). The van der Waals surface area contributed by atoms with E-state index in [9.17, 15) is 4.79 Å². The summed E-state index contributed by atoms with van der Waals surface area (Å²) in [5.41, 5.74) is 1.86. The van der Waals surface area contributed by atoms with Crippen molar-refractivity contribution in [3.63, 3.8) is 0 Å². The molecule has 1 aliphatic rings. The van der Waals surface area contributed by atoms with Crippen LogP contribution in [0.3, 0.4) is 0 Å². The standard InChI is InChI=1S/C21H23N3O.H2/c22-12-15-5-7-16(8-6-15)14-24-21(25)11-17-9-10-18(13-23)20-4-2-1-3-19(17)20;/h1-4,9-10,13,15-16,23H,5-8,11,14H2,(H,24,25);1H. The van der Waals surface area contributed by atoms with Crippen LogP contribution in [0.5, 0.6) is 0 Å². The van der Waals surface area contributed by atoms with Gasteiger partial charge in [-0.15, -0.1) is 0 Å². The number of nitrogens with one attached hydrogen (secondary N) is 2. The molecular formula is C21H25N3O. The van der Waals surface area contributed by atoms with Gasteiger partial charge in [-0.25, -0.2) is 0 Å². The number of carbonyl (C=O) groups excluding carboxylic acids is 1. The molecule has 4 nitrogen and oxygen atoms in total. The molecule has 2 aromatic rings. The molecule has 0 spiro atoms. The smallest absolute Gasteiger partial charge is 0.224 e. The number of fused-ring (bicyclic) bond motifs is 1. The van der Waals surface area contributed by atoms with Gasteiger partial charge in [0.25, 0.3) is 0 Å². The lowest BCUT2D eigenvalue weighted by Gasteiger charge is -2.24. The van der Waals surface area contributed by atoms with E-state index in [0.29, 0.717) is 18.9 Å². The van der Waals surface area contributed by atoms with E-state index in [4.69, 9.17) is 10.7 Å². The maximum Gasteiger partial charge on any atom is 0.224 e. The minimum absolute atomic E-state index is 0. The zero-order chi connectivity index (χ0) is 17.6. The molecule has 0 atom stereocenters. The fourth-order valence-electron chi connectivity index (χ4n) is 3.65. The molecule has 2 N–H and O–H groups in total. The summed E-state index contributed by atoms with van der Waals surface area (Å²) < 4.78 is 0. The Labute approximate surface area is 149 Å². The third kappa shape index (κ3) is 4.06. The Hall–Kier alpha value is -2.67. The monoisotopic (exact) mass is 335 g/mol. The van der Waals surface area contributed by atoms with Gasteiger partial charge in [-0.2, -0.15) is 5.26 Å². The Morgan fingerprint density at radius 3 is 2.60 bits per heavy atom. The van der Waals surface area contributed by atoms with Crippen LogP contribution in [0, 0.1) is 28.6 Å². The Morgan fingerprint density at radius 1 is 1.20 bits per heavy atom. The summed E-state index contributed by atoms with van der Waals surface area (Å²) in [7, 11) is 0. The van der Waals surface area contributed by atoms with E-state index in [-0.39, 0.29) is 13.3 Å². The molecule has 1 aliphatic carbocycles. The van der Waals surface area contributed by atoms with Gasteiger partial charge in [0.1, 0.15) is 0 Å². The van der Waals surface area contributed by atoms with Crippen molar-refractivity contribution >= 4 is 22.9 Å². The first-order valence-electron chi connectivity index (χ1n) is 8.88. The zero-order valence-electron chi connectivity index (χ0n) is 14.3. The number of benzene rings is 2. The molecule has 2 aromatic carbocycles. The van der Waals surface area contributed by atoms with Crippen molar-refractivity contribution in [3.05, 3.63) is 47.5 Å². The summed E-state index contributed by atoms with van der Waals surface area (Å²) in [4.78, 5) is 12.4. The highest BCUT2D eigenvalue weighted by Gasteiger charge is 2.21. The zero-order valence-corrected chi connectivity index (χ0v) is 14.3. The minimum atomic E-state index is 0. The molecule has 0 bridgehead atoms. The van der Waals surface area contributed by atoms with Gasteiger partial charge in [0.2, 0.25) is 5.91 Å². The second-order valence-corrected chi connectivity index (χ2v) is 6.83. The van der Waals surface area contributed by atoms with Crippen LogP contribution in [0.2, 0.25) is 0 Å². The van der Waals surface area contributed by atoms with Crippen LogP contribution in [-0.2, 0) is 11.2 Å².